The summed E-state index contributed by atoms with van der Waals surface area (Å²) < 4.78 is 5.95. The molecule has 0 amide bonds. The molecule has 0 aliphatic rings. The third-order valence-electron chi connectivity index (χ3n) is 6.91. The number of furan rings is 1. The van der Waals surface area contributed by atoms with Gasteiger partial charge in [0.1, 0.15) is 11.3 Å². The third-order valence-corrected chi connectivity index (χ3v) is 8.97. The molecule has 0 atom stereocenters. The Labute approximate surface area is 263 Å². The number of fused-ring (bicyclic) bond motifs is 3. The molecule has 1 aromatic carbocycles. The Morgan fingerprint density at radius 2 is 1.67 bits per heavy atom. The molecule has 217 valence electrons. The number of nitrogens with zero attached hydrogens (tertiary/aromatic N) is 4. The quantitative estimate of drug-likeness (QED) is 0.132. The molecule has 0 spiro atoms. The molecule has 5 heterocycles. The summed E-state index contributed by atoms with van der Waals surface area (Å²) in [7, 11) is -1.46. The molecule has 1 radical (unpaired) electrons. The molecule has 0 unspecified atom stereocenters. The predicted molar refractivity (Wildman–Crippen MR) is 171 cm³/mol. The van der Waals surface area contributed by atoms with Crippen molar-refractivity contribution >= 4 is 35.3 Å². The van der Waals surface area contributed by atoms with Gasteiger partial charge < -0.3 is 19.4 Å². The van der Waals surface area contributed by atoms with E-state index in [2.05, 4.69) is 85.1 Å². The van der Waals surface area contributed by atoms with E-state index in [4.69, 9.17) is 9.40 Å². The second-order valence-electron chi connectivity index (χ2n) is 11.9. The molecule has 5 nitrogen and oxygen atoms in total. The first-order chi connectivity index (χ1) is 19.6. The number of hydrogen-bond acceptors (Lipinski definition) is 5. The number of hydrogen-bond donors (Lipinski definition) is 0. The van der Waals surface area contributed by atoms with Crippen molar-refractivity contribution in [2.45, 2.75) is 53.8 Å². The molecule has 0 fully saturated rings. The Kier molecular flexibility index (Phi) is 9.88. The van der Waals surface area contributed by atoms with Crippen LogP contribution in [0.3, 0.4) is 0 Å². The molecular formula is C35H36IrN4OSi-2. The summed E-state index contributed by atoms with van der Waals surface area (Å²) in [5.74, 6) is 0.598. The molecule has 7 heteroatoms. The largest absolute Gasteiger partial charge is 0.481 e. The molecular weight excluding hydrogens is 713 g/mol. The third kappa shape index (κ3) is 7.09. The number of benzene rings is 1. The van der Waals surface area contributed by atoms with Gasteiger partial charge in [0, 0.05) is 43.6 Å². The van der Waals surface area contributed by atoms with Crippen molar-refractivity contribution in [3.8, 4) is 22.5 Å². The van der Waals surface area contributed by atoms with Crippen LogP contribution in [-0.4, -0.2) is 28.0 Å². The second-order valence-corrected chi connectivity index (χ2v) is 16.9. The predicted octanol–water partition coefficient (Wildman–Crippen LogP) is 8.15. The van der Waals surface area contributed by atoms with Crippen LogP contribution in [0.1, 0.15) is 30.8 Å². The van der Waals surface area contributed by atoms with Crippen LogP contribution in [0.15, 0.2) is 77.5 Å². The van der Waals surface area contributed by atoms with Gasteiger partial charge in [-0.2, -0.15) is 0 Å². The normalized spacial score (nSPS) is 11.3. The van der Waals surface area contributed by atoms with Crippen molar-refractivity contribution < 1.29 is 24.5 Å². The summed E-state index contributed by atoms with van der Waals surface area (Å²) in [6.45, 7) is 15.6. The molecule has 5 aromatic heterocycles. The fourth-order valence-corrected chi connectivity index (χ4v) is 6.65. The van der Waals surface area contributed by atoms with Crippen LogP contribution in [0.25, 0.3) is 44.6 Å². The fraction of sp³-hybridized carbons (Fsp3) is 0.257. The van der Waals surface area contributed by atoms with Crippen LogP contribution in [0.5, 0.6) is 0 Å². The van der Waals surface area contributed by atoms with Gasteiger partial charge in [0.2, 0.25) is 0 Å². The van der Waals surface area contributed by atoms with Gasteiger partial charge in [0.25, 0.3) is 0 Å². The topological polar surface area (TPSA) is 64.7 Å². The molecule has 0 N–H and O–H groups in total. The minimum absolute atomic E-state index is 0. The van der Waals surface area contributed by atoms with Crippen LogP contribution < -0.4 is 5.19 Å². The summed E-state index contributed by atoms with van der Waals surface area (Å²) >= 11 is 0. The Hall–Kier alpha value is -3.51. The van der Waals surface area contributed by atoms with Gasteiger partial charge in [-0.3, -0.25) is 4.98 Å². The summed E-state index contributed by atoms with van der Waals surface area (Å²) in [5, 5.41) is 3.48. The van der Waals surface area contributed by atoms with Crippen LogP contribution in [0.2, 0.25) is 19.6 Å². The van der Waals surface area contributed by atoms with E-state index in [-0.39, 0.29) is 20.1 Å². The molecule has 0 bridgehead atoms. The number of aryl methyl sites for hydroxylation is 2. The molecule has 0 saturated heterocycles. The summed E-state index contributed by atoms with van der Waals surface area (Å²) in [6, 6.07) is 23.2. The molecule has 42 heavy (non-hydrogen) atoms. The van der Waals surface area contributed by atoms with Gasteiger partial charge in [-0.1, -0.05) is 57.3 Å². The molecule has 0 saturated carbocycles. The van der Waals surface area contributed by atoms with Gasteiger partial charge in [0.05, 0.1) is 13.8 Å². The van der Waals surface area contributed by atoms with Crippen molar-refractivity contribution in [2.24, 2.45) is 5.92 Å². The van der Waals surface area contributed by atoms with Crippen molar-refractivity contribution in [1.82, 2.24) is 19.9 Å². The average molecular weight is 749 g/mol. The van der Waals surface area contributed by atoms with E-state index in [1.165, 1.54) is 10.8 Å². The van der Waals surface area contributed by atoms with Crippen LogP contribution in [0.4, 0.5) is 0 Å². The molecule has 6 rings (SSSR count). The summed E-state index contributed by atoms with van der Waals surface area (Å²) in [6.07, 6.45) is 8.08. The first-order valence-electron chi connectivity index (χ1n) is 14.1. The number of rotatable bonds is 5. The zero-order valence-corrected chi connectivity index (χ0v) is 28.6. The van der Waals surface area contributed by atoms with Gasteiger partial charge in [-0.15, -0.1) is 47.5 Å². The minimum atomic E-state index is -1.46. The maximum Gasteiger partial charge on any atom is 0.144 e. The Bertz CT molecular complexity index is 1760. The van der Waals surface area contributed by atoms with Gasteiger partial charge in [0.15, 0.2) is 0 Å². The first kappa shape index (κ1) is 31.4. The monoisotopic (exact) mass is 749 g/mol. The van der Waals surface area contributed by atoms with Crippen molar-refractivity contribution in [3.05, 3.63) is 102 Å². The van der Waals surface area contributed by atoms with E-state index in [0.717, 1.165) is 56.7 Å². The maximum atomic E-state index is 5.95. The van der Waals surface area contributed by atoms with E-state index in [1.807, 2.05) is 56.3 Å². The number of pyridine rings is 4. The Balaban J connectivity index is 0.000000261. The maximum absolute atomic E-state index is 5.95. The second kappa shape index (κ2) is 13.2. The van der Waals surface area contributed by atoms with E-state index >= 15 is 0 Å². The summed E-state index contributed by atoms with van der Waals surface area (Å²) in [4.78, 5) is 18.0. The van der Waals surface area contributed by atoms with E-state index < -0.39 is 8.07 Å². The van der Waals surface area contributed by atoms with E-state index in [1.54, 1.807) is 6.20 Å². The Morgan fingerprint density at radius 1 is 0.881 bits per heavy atom. The molecule has 0 aliphatic carbocycles. The van der Waals surface area contributed by atoms with Crippen molar-refractivity contribution in [3.63, 3.8) is 0 Å². The van der Waals surface area contributed by atoms with E-state index in [9.17, 15) is 0 Å². The van der Waals surface area contributed by atoms with Crippen molar-refractivity contribution in [1.29, 1.82) is 0 Å². The van der Waals surface area contributed by atoms with Gasteiger partial charge in [-0.05, 0) is 66.5 Å². The molecule has 6 aromatic rings. The minimum Gasteiger partial charge on any atom is -0.481 e. The fourth-order valence-electron chi connectivity index (χ4n) is 5.06. The zero-order chi connectivity index (χ0) is 29.1. The van der Waals surface area contributed by atoms with Crippen LogP contribution in [0, 0.1) is 32.0 Å². The SMILES string of the molecule is Cc1cc2c(oc3n[c-]c(-c4cc(CC(C)C)c([Si](C)(C)C)cn4)cc32)c(C)n1.[Ir].[c-]1ccccc1-c1ccccn1. The average Bonchev–Trinajstić information content (AvgIpc) is 3.32. The molecule has 0 aliphatic heterocycles. The zero-order valence-electron chi connectivity index (χ0n) is 25.2. The van der Waals surface area contributed by atoms with Crippen LogP contribution >= 0.6 is 0 Å². The van der Waals surface area contributed by atoms with Crippen LogP contribution in [-0.2, 0) is 26.5 Å². The number of aromatic nitrogens is 4. The van der Waals surface area contributed by atoms with E-state index in [0.29, 0.717) is 11.6 Å². The first-order valence-corrected chi connectivity index (χ1v) is 17.6. The smallest absolute Gasteiger partial charge is 0.144 e. The Morgan fingerprint density at radius 3 is 2.33 bits per heavy atom. The van der Waals surface area contributed by atoms with Gasteiger partial charge >= 0.3 is 0 Å². The van der Waals surface area contributed by atoms with Crippen molar-refractivity contribution in [2.75, 3.05) is 0 Å². The van der Waals surface area contributed by atoms with Gasteiger partial charge in [-0.25, -0.2) is 0 Å². The summed E-state index contributed by atoms with van der Waals surface area (Å²) in [5.41, 5.74) is 8.50. The standard InChI is InChI=1S/C24H28N3OSi.C11H8N.Ir/c1-14(2)8-17-11-21(25-13-22(17)29(5,6)7)18-10-20-19-9-15(3)27-16(4)23(19)28-24(20)26-12-18;1-2-6-10(7-3-1)11-8-4-5-9-12-11;/h9-11,13-14H,8H2,1-7H3;1-6,8-9H;/q2*-1;.